The van der Waals surface area contributed by atoms with E-state index in [4.69, 9.17) is 5.73 Å². The van der Waals surface area contributed by atoms with E-state index in [0.717, 1.165) is 12.1 Å². The normalized spacial score (nSPS) is 12.4. The number of carbonyl (C=O) groups is 1. The van der Waals surface area contributed by atoms with Crippen LogP contribution in [0.4, 0.5) is 26.3 Å². The molecule has 262 valence electrons. The number of benzene rings is 2. The lowest BCUT2D eigenvalue weighted by Gasteiger charge is -2.14. The number of hydrogen-bond donors (Lipinski definition) is 6. The molecule has 0 saturated heterocycles. The molecule has 4 rings (SSSR count). The first kappa shape index (κ1) is 37.3. The third-order valence-corrected chi connectivity index (χ3v) is 6.99. The predicted molar refractivity (Wildman–Crippen MR) is 157 cm³/mol. The monoisotopic (exact) mass is 732 g/mol. The fourth-order valence-corrected chi connectivity index (χ4v) is 5.10. The molecule has 4 aromatic rings. The van der Waals surface area contributed by atoms with Crippen molar-refractivity contribution in [2.24, 2.45) is 5.73 Å². The van der Waals surface area contributed by atoms with Crippen LogP contribution in [0.1, 0.15) is 22.3 Å². The van der Waals surface area contributed by atoms with Gasteiger partial charge in [-0.05, 0) is 35.4 Å². The quantitative estimate of drug-likeness (QED) is 0.0964. The highest BCUT2D eigenvalue weighted by Crippen LogP contribution is 2.34. The molecule has 2 aromatic heterocycles. The van der Waals surface area contributed by atoms with Crippen LogP contribution in [0.2, 0.25) is 0 Å². The smallest absolute Gasteiger partial charge is 0.355 e. The van der Waals surface area contributed by atoms with Crippen molar-refractivity contribution in [3.8, 4) is 0 Å². The molecule has 48 heavy (non-hydrogen) atoms. The van der Waals surface area contributed by atoms with Crippen molar-refractivity contribution < 1.29 is 48.0 Å². The van der Waals surface area contributed by atoms with Crippen LogP contribution in [0.15, 0.2) is 43.4 Å². The van der Waals surface area contributed by atoms with Gasteiger partial charge in [0.1, 0.15) is 0 Å². The van der Waals surface area contributed by atoms with E-state index in [-0.39, 0.29) is 37.6 Å². The Hall–Kier alpha value is -5.17. The lowest BCUT2D eigenvalue weighted by atomic mass is 10.0. The molecule has 0 bridgehead atoms. The molecule has 1 amide bonds. The van der Waals surface area contributed by atoms with Gasteiger partial charge in [0.2, 0.25) is 26.5 Å². The molecule has 0 spiro atoms. The molecule has 17 nitrogen and oxygen atoms in total. The zero-order valence-corrected chi connectivity index (χ0v) is 25.7. The van der Waals surface area contributed by atoms with Crippen molar-refractivity contribution in [1.82, 2.24) is 24.6 Å². The molecule has 0 unspecified atom stereocenters. The number of rotatable bonds is 8. The number of sulfonamides is 2. The Balaban J connectivity index is 0.000000261. The van der Waals surface area contributed by atoms with Gasteiger partial charge in [0.25, 0.3) is 11.1 Å². The van der Waals surface area contributed by atoms with Gasteiger partial charge < -0.3 is 21.0 Å². The summed E-state index contributed by atoms with van der Waals surface area (Å²) < 4.78 is 123. The maximum atomic E-state index is 13.1. The van der Waals surface area contributed by atoms with Crippen molar-refractivity contribution in [2.75, 3.05) is 22.2 Å². The van der Waals surface area contributed by atoms with E-state index in [1.54, 1.807) is 9.66 Å². The molecule has 25 heteroatoms. The number of halogens is 6. The van der Waals surface area contributed by atoms with Crippen LogP contribution in [0, 0.1) is 0 Å². The number of H-pyrrole nitrogens is 2. The molecule has 0 aliphatic heterocycles. The van der Waals surface area contributed by atoms with E-state index in [9.17, 15) is 67.2 Å². The Morgan fingerprint density at radius 1 is 0.729 bits per heavy atom. The third-order valence-electron chi connectivity index (χ3n) is 5.96. The van der Waals surface area contributed by atoms with E-state index >= 15 is 0 Å². The summed E-state index contributed by atoms with van der Waals surface area (Å²) in [5, 5.41) is 1.37. The van der Waals surface area contributed by atoms with Crippen LogP contribution in [0.5, 0.6) is 0 Å². The number of amides is 1. The summed E-state index contributed by atoms with van der Waals surface area (Å²) in [7, 11) is -7.94. The second-order valence-corrected chi connectivity index (χ2v) is 13.1. The summed E-state index contributed by atoms with van der Waals surface area (Å²) in [6.07, 6.45) is -7.94. The summed E-state index contributed by atoms with van der Waals surface area (Å²) in [6, 6.07) is 2.83. The van der Waals surface area contributed by atoms with Crippen molar-refractivity contribution in [2.45, 2.75) is 25.4 Å². The summed E-state index contributed by atoms with van der Waals surface area (Å²) in [5.74, 6) is 0. The number of hydrogen-bond acceptors (Lipinski definition) is 10. The number of fused-ring (bicyclic) bond motifs is 2. The van der Waals surface area contributed by atoms with E-state index in [1.807, 2.05) is 9.97 Å². The highest BCUT2D eigenvalue weighted by atomic mass is 32.2. The van der Waals surface area contributed by atoms with Crippen LogP contribution >= 0.6 is 0 Å². The van der Waals surface area contributed by atoms with Gasteiger partial charge in [-0.3, -0.25) is 14.4 Å². The molecule has 0 saturated carbocycles. The largest absolute Gasteiger partial charge is 0.416 e. The number of aromatic nitrogens is 4. The number of nitrogens with one attached hydrogen (secondary N) is 5. The number of aromatic amines is 2. The summed E-state index contributed by atoms with van der Waals surface area (Å²) in [5.41, 5.74) is -3.32. The van der Waals surface area contributed by atoms with Crippen molar-refractivity contribution in [3.63, 3.8) is 0 Å². The summed E-state index contributed by atoms with van der Waals surface area (Å²) in [6.45, 7) is -1.02. The van der Waals surface area contributed by atoms with E-state index in [0.29, 0.717) is 24.6 Å². The van der Waals surface area contributed by atoms with Gasteiger partial charge in [-0.15, -0.1) is 0 Å². The van der Waals surface area contributed by atoms with Crippen molar-refractivity contribution in [3.05, 3.63) is 88.2 Å². The van der Waals surface area contributed by atoms with E-state index in [2.05, 4.69) is 5.32 Å². The highest BCUT2D eigenvalue weighted by Gasteiger charge is 2.35. The molecule has 0 radical (unpaired) electrons. The predicted octanol–water partition coefficient (Wildman–Crippen LogP) is -0.872. The van der Waals surface area contributed by atoms with Gasteiger partial charge in [-0.25, -0.2) is 36.1 Å². The zero-order valence-electron chi connectivity index (χ0n) is 24.0. The SMILES string of the molecule is CS(=O)(=O)Nn1c(=O)[nH]c2cc(C(F)(F)F)c(CN)cc2c1=O.CS(=O)(=O)Nn1c(=O)[nH]c2cc(C(F)(F)F)c(CNC=O)cc2c1=O. The van der Waals surface area contributed by atoms with Crippen LogP contribution in [-0.2, 0) is 50.3 Å². The second kappa shape index (κ2) is 13.1. The minimum absolute atomic E-state index is 0.127. The Morgan fingerprint density at radius 3 is 1.44 bits per heavy atom. The first-order valence-electron chi connectivity index (χ1n) is 12.5. The molecule has 0 aliphatic carbocycles. The number of nitrogens with two attached hydrogens (primary N) is 1. The summed E-state index contributed by atoms with van der Waals surface area (Å²) >= 11 is 0. The number of carbonyl (C=O) groups excluding carboxylic acids is 1. The highest BCUT2D eigenvalue weighted by molar-refractivity contribution is 7.91. The van der Waals surface area contributed by atoms with Gasteiger partial charge in [0.05, 0.1) is 45.4 Å². The van der Waals surface area contributed by atoms with Crippen LogP contribution < -0.4 is 43.2 Å². The molecule has 7 N–H and O–H groups in total. The van der Waals surface area contributed by atoms with Crippen molar-refractivity contribution >= 4 is 48.3 Å². The minimum atomic E-state index is -4.80. The maximum absolute atomic E-state index is 13.1. The average molecular weight is 733 g/mol. The lowest BCUT2D eigenvalue weighted by Crippen LogP contribution is -2.43. The molecular formula is C23H22F6N8O9S2. The van der Waals surface area contributed by atoms with Crippen molar-refractivity contribution in [1.29, 1.82) is 0 Å². The van der Waals surface area contributed by atoms with Gasteiger partial charge >= 0.3 is 23.7 Å². The first-order valence-corrected chi connectivity index (χ1v) is 16.3. The molecule has 0 aliphatic rings. The van der Waals surface area contributed by atoms with E-state index < -0.39 is 90.2 Å². The maximum Gasteiger partial charge on any atom is 0.416 e. The van der Waals surface area contributed by atoms with Crippen LogP contribution in [-0.4, -0.2) is 55.1 Å². The Bertz CT molecular complexity index is 2380. The zero-order chi connectivity index (χ0) is 36.6. The lowest BCUT2D eigenvalue weighted by molar-refractivity contribution is -0.139. The Morgan fingerprint density at radius 2 is 1.10 bits per heavy atom. The molecule has 0 fully saturated rings. The number of nitrogens with zero attached hydrogens (tertiary/aromatic N) is 2. The standard InChI is InChI=1S/C12H11F3N4O5S.C11H11F3N4O4S/c1-25(23,24)18-19-10(21)7-2-6(4-16-5-20)8(12(13,14)15)3-9(7)17-11(19)22;1-23(21,22)17-18-9(19)6-2-5(4-15)7(11(12,13)14)3-8(6)16-10(18)20/h2-3,5,18H,4H2,1H3,(H,16,20)(H,17,22);2-3,17H,4,15H2,1H3,(H,16,20). The topological polar surface area (TPSA) is 257 Å². The molecule has 2 heterocycles. The van der Waals surface area contributed by atoms with Gasteiger partial charge in [-0.2, -0.15) is 35.7 Å². The van der Waals surface area contributed by atoms with E-state index in [1.165, 1.54) is 0 Å². The van der Waals surface area contributed by atoms with Gasteiger partial charge in [0.15, 0.2) is 0 Å². The van der Waals surface area contributed by atoms with Crippen LogP contribution in [0.25, 0.3) is 21.8 Å². The minimum Gasteiger partial charge on any atom is -0.355 e. The summed E-state index contributed by atoms with van der Waals surface area (Å²) in [4.78, 5) is 65.6. The Kier molecular flexibility index (Phi) is 10.2. The molecular weight excluding hydrogens is 710 g/mol. The molecule has 0 atom stereocenters. The average Bonchev–Trinajstić information content (AvgIpc) is 2.94. The fourth-order valence-electron chi connectivity index (χ4n) is 4.11. The third kappa shape index (κ3) is 8.59. The first-order chi connectivity index (χ1) is 21.9. The fraction of sp³-hybridized carbons (Fsp3) is 0.261. The Labute approximate surface area is 262 Å². The second-order valence-electron chi connectivity index (χ2n) is 9.68. The van der Waals surface area contributed by atoms with Crippen LogP contribution in [0.3, 0.4) is 0 Å². The van der Waals surface area contributed by atoms with Gasteiger partial charge in [-0.1, -0.05) is 0 Å². The number of alkyl halides is 6. The van der Waals surface area contributed by atoms with Gasteiger partial charge in [0, 0.05) is 13.1 Å². The molecule has 2 aromatic carbocycles.